The minimum absolute atomic E-state index is 0.356. The summed E-state index contributed by atoms with van der Waals surface area (Å²) in [5.74, 6) is 0. The van der Waals surface area contributed by atoms with Crippen LogP contribution >= 0.6 is 0 Å². The van der Waals surface area contributed by atoms with E-state index in [0.717, 1.165) is 0 Å². The van der Waals surface area contributed by atoms with E-state index in [4.69, 9.17) is 9.81 Å². The van der Waals surface area contributed by atoms with Crippen LogP contribution in [0.5, 0.6) is 0 Å². The first-order valence-electron chi connectivity index (χ1n) is 3.27. The Morgan fingerprint density at radius 3 is 2.67 bits per heavy atom. The van der Waals surface area contributed by atoms with E-state index in [1.165, 1.54) is 12.1 Å². The molecule has 0 aliphatic carbocycles. The fraction of sp³-hybridized carbons (Fsp3) is 0.125. The highest BCUT2D eigenvalue weighted by atomic mass is 32.2. The molecule has 3 nitrogen and oxygen atoms in total. The van der Waals surface area contributed by atoms with E-state index >= 15 is 0 Å². The van der Waals surface area contributed by atoms with Gasteiger partial charge >= 0.3 is 0 Å². The quantitative estimate of drug-likeness (QED) is 0.667. The lowest BCUT2D eigenvalue weighted by molar-refractivity contribution is 0.564. The lowest BCUT2D eigenvalue weighted by atomic mass is 10.2. The Balaban J connectivity index is 3.23. The molecule has 62 valence electrons. The van der Waals surface area contributed by atoms with Crippen molar-refractivity contribution in [2.75, 3.05) is 0 Å². The molecule has 0 saturated heterocycles. The molecule has 0 saturated carbocycles. The number of hydrogen-bond acceptors (Lipinski definition) is 2. The molecule has 0 aliphatic heterocycles. The summed E-state index contributed by atoms with van der Waals surface area (Å²) in [6.07, 6.45) is 0. The van der Waals surface area contributed by atoms with Gasteiger partial charge in [0.05, 0.1) is 16.5 Å². The van der Waals surface area contributed by atoms with Crippen LogP contribution in [0.1, 0.15) is 11.1 Å². The van der Waals surface area contributed by atoms with Gasteiger partial charge in [-0.15, -0.1) is 0 Å². The van der Waals surface area contributed by atoms with Crippen molar-refractivity contribution in [3.05, 3.63) is 29.3 Å². The summed E-state index contributed by atoms with van der Waals surface area (Å²) < 4.78 is 19.4. The lowest BCUT2D eigenvalue weighted by Crippen LogP contribution is -1.92. The first-order chi connectivity index (χ1) is 5.65. The molecule has 0 spiro atoms. The summed E-state index contributed by atoms with van der Waals surface area (Å²) in [6, 6.07) is 6.55. The highest BCUT2D eigenvalue weighted by Crippen LogP contribution is 2.13. The molecule has 0 radical (unpaired) electrons. The zero-order valence-corrected chi connectivity index (χ0v) is 7.26. The largest absolute Gasteiger partial charge is 0.302 e. The van der Waals surface area contributed by atoms with Gasteiger partial charge in [-0.1, -0.05) is 0 Å². The highest BCUT2D eigenvalue weighted by molar-refractivity contribution is 7.79. The molecule has 1 unspecified atom stereocenters. The third kappa shape index (κ3) is 1.70. The third-order valence-electron chi connectivity index (χ3n) is 1.49. The van der Waals surface area contributed by atoms with Crippen LogP contribution in [-0.4, -0.2) is 8.76 Å². The normalized spacial score (nSPS) is 12.1. The Morgan fingerprint density at radius 1 is 1.58 bits per heavy atom. The fourth-order valence-electron chi connectivity index (χ4n) is 0.915. The summed E-state index contributed by atoms with van der Waals surface area (Å²) in [4.78, 5) is 0.356. The van der Waals surface area contributed by atoms with Crippen molar-refractivity contribution in [1.29, 1.82) is 5.26 Å². The molecule has 0 aromatic heterocycles. The molecule has 12 heavy (non-hydrogen) atoms. The molecular weight excluding hydrogens is 174 g/mol. The smallest absolute Gasteiger partial charge is 0.186 e. The summed E-state index contributed by atoms with van der Waals surface area (Å²) in [6.45, 7) is 1.70. The van der Waals surface area contributed by atoms with Gasteiger partial charge in [0.2, 0.25) is 0 Å². The summed E-state index contributed by atoms with van der Waals surface area (Å²) >= 11 is -1.96. The lowest BCUT2D eigenvalue weighted by Gasteiger charge is -1.99. The van der Waals surface area contributed by atoms with E-state index in [9.17, 15) is 4.21 Å². The molecule has 0 amide bonds. The van der Waals surface area contributed by atoms with E-state index < -0.39 is 11.1 Å². The predicted molar refractivity (Wildman–Crippen MR) is 44.9 cm³/mol. The van der Waals surface area contributed by atoms with Gasteiger partial charge in [0.15, 0.2) is 11.1 Å². The zero-order valence-electron chi connectivity index (χ0n) is 6.44. The molecule has 1 atom stereocenters. The van der Waals surface area contributed by atoms with Gasteiger partial charge in [-0.2, -0.15) is 5.26 Å². The van der Waals surface area contributed by atoms with Crippen molar-refractivity contribution in [2.45, 2.75) is 11.8 Å². The summed E-state index contributed by atoms with van der Waals surface area (Å²) in [5, 5.41) is 8.50. The maximum Gasteiger partial charge on any atom is 0.186 e. The van der Waals surface area contributed by atoms with Gasteiger partial charge in [-0.25, -0.2) is 4.21 Å². The van der Waals surface area contributed by atoms with Gasteiger partial charge in [0, 0.05) is 0 Å². The molecule has 0 heterocycles. The molecule has 1 aromatic rings. The zero-order chi connectivity index (χ0) is 9.14. The van der Waals surface area contributed by atoms with Crippen molar-refractivity contribution in [3.8, 4) is 6.07 Å². The van der Waals surface area contributed by atoms with Crippen LogP contribution in [-0.2, 0) is 11.1 Å². The van der Waals surface area contributed by atoms with Crippen LogP contribution in [0.25, 0.3) is 0 Å². The summed E-state index contributed by atoms with van der Waals surface area (Å²) in [7, 11) is 0. The van der Waals surface area contributed by atoms with Gasteiger partial charge in [-0.05, 0) is 30.7 Å². The first kappa shape index (κ1) is 8.91. The van der Waals surface area contributed by atoms with Crippen LogP contribution in [0.4, 0.5) is 0 Å². The Labute approximate surface area is 72.9 Å². The van der Waals surface area contributed by atoms with Crippen LogP contribution in [0, 0.1) is 18.3 Å². The number of nitrogens with zero attached hydrogens (tertiary/aromatic N) is 1. The van der Waals surface area contributed by atoms with E-state index in [2.05, 4.69) is 0 Å². The topological polar surface area (TPSA) is 61.1 Å². The third-order valence-corrected chi connectivity index (χ3v) is 2.33. The van der Waals surface area contributed by atoms with Crippen LogP contribution < -0.4 is 0 Å². The number of aryl methyl sites for hydroxylation is 1. The number of benzene rings is 1. The number of nitriles is 1. The Hall–Kier alpha value is -1.18. The van der Waals surface area contributed by atoms with E-state index in [0.29, 0.717) is 16.0 Å². The molecular formula is C8H7NO2S. The van der Waals surface area contributed by atoms with Crippen molar-refractivity contribution in [1.82, 2.24) is 0 Å². The van der Waals surface area contributed by atoms with Gasteiger partial charge in [-0.3, -0.25) is 0 Å². The van der Waals surface area contributed by atoms with Crippen molar-refractivity contribution < 1.29 is 8.76 Å². The monoisotopic (exact) mass is 181 g/mol. The second-order valence-electron chi connectivity index (χ2n) is 2.34. The van der Waals surface area contributed by atoms with Gasteiger partial charge < -0.3 is 4.55 Å². The van der Waals surface area contributed by atoms with Crippen molar-refractivity contribution in [2.24, 2.45) is 0 Å². The number of rotatable bonds is 1. The number of hydrogen-bond donors (Lipinski definition) is 1. The highest BCUT2D eigenvalue weighted by Gasteiger charge is 2.03. The molecule has 4 heteroatoms. The van der Waals surface area contributed by atoms with Crippen LogP contribution in [0.3, 0.4) is 0 Å². The maximum absolute atomic E-state index is 10.6. The average molecular weight is 181 g/mol. The average Bonchev–Trinajstić information content (AvgIpc) is 2.03. The molecule has 0 bridgehead atoms. The van der Waals surface area contributed by atoms with E-state index in [1.54, 1.807) is 13.0 Å². The molecule has 0 fully saturated rings. The molecule has 1 aromatic carbocycles. The Morgan fingerprint density at radius 2 is 2.25 bits per heavy atom. The van der Waals surface area contributed by atoms with Gasteiger partial charge in [0.1, 0.15) is 0 Å². The molecule has 0 aliphatic rings. The van der Waals surface area contributed by atoms with Crippen molar-refractivity contribution >= 4 is 11.1 Å². The standard InChI is InChI=1S/C8H7NO2S/c1-6-4-7(5-9)2-3-8(6)12(10)11/h2-4H,1H3,(H,10,11). The van der Waals surface area contributed by atoms with Crippen LogP contribution in [0.15, 0.2) is 23.1 Å². The van der Waals surface area contributed by atoms with Crippen molar-refractivity contribution in [3.63, 3.8) is 0 Å². The molecule has 1 rings (SSSR count). The first-order valence-corrected chi connectivity index (χ1v) is 4.37. The maximum atomic E-state index is 10.6. The predicted octanol–water partition coefficient (Wildman–Crippen LogP) is 1.45. The van der Waals surface area contributed by atoms with Crippen LogP contribution in [0.2, 0.25) is 0 Å². The van der Waals surface area contributed by atoms with E-state index in [1.807, 2.05) is 6.07 Å². The van der Waals surface area contributed by atoms with Gasteiger partial charge in [0.25, 0.3) is 0 Å². The Bertz CT molecular complexity index is 368. The Kier molecular flexibility index (Phi) is 2.58. The fourth-order valence-corrected chi connectivity index (χ4v) is 1.43. The summed E-state index contributed by atoms with van der Waals surface area (Å²) in [5.41, 5.74) is 1.16. The minimum atomic E-state index is -1.96. The minimum Gasteiger partial charge on any atom is -0.302 e. The molecule has 1 N–H and O–H groups in total. The second kappa shape index (κ2) is 3.48. The van der Waals surface area contributed by atoms with E-state index in [-0.39, 0.29) is 0 Å². The SMILES string of the molecule is Cc1cc(C#N)ccc1S(=O)O. The second-order valence-corrected chi connectivity index (χ2v) is 3.28.